The van der Waals surface area contributed by atoms with Gasteiger partial charge in [0.15, 0.2) is 18.1 Å². The average molecular weight is 424 g/mol. The van der Waals surface area contributed by atoms with Crippen molar-refractivity contribution in [1.29, 1.82) is 0 Å². The number of methoxy groups -OCH3 is 2. The molecule has 7 heteroatoms. The molecule has 1 amide bonds. The highest BCUT2D eigenvalue weighted by atomic mass is 79.9. The van der Waals surface area contributed by atoms with Crippen LogP contribution in [0.3, 0.4) is 0 Å². The molecule has 1 aliphatic rings. The van der Waals surface area contributed by atoms with Gasteiger partial charge in [0.25, 0.3) is 5.91 Å². The van der Waals surface area contributed by atoms with E-state index in [1.165, 1.54) is 18.2 Å². The molecule has 0 saturated heterocycles. The maximum absolute atomic E-state index is 13.1. The van der Waals surface area contributed by atoms with Crippen molar-refractivity contribution < 1.29 is 23.4 Å². The largest absolute Gasteiger partial charge is 0.493 e. The maximum Gasteiger partial charge on any atom is 0.260 e. The van der Waals surface area contributed by atoms with Gasteiger partial charge in [-0.25, -0.2) is 4.39 Å². The van der Waals surface area contributed by atoms with Crippen molar-refractivity contribution in [2.75, 3.05) is 27.4 Å². The number of hydrogen-bond acceptors (Lipinski definition) is 4. The minimum absolute atomic E-state index is 0.104. The predicted octanol–water partition coefficient (Wildman–Crippen LogP) is 3.57. The summed E-state index contributed by atoms with van der Waals surface area (Å²) in [5.74, 6) is 1.28. The summed E-state index contributed by atoms with van der Waals surface area (Å²) in [6.07, 6.45) is 0.738. The van der Waals surface area contributed by atoms with Crippen LogP contribution in [0.1, 0.15) is 11.1 Å². The van der Waals surface area contributed by atoms with Gasteiger partial charge in [-0.15, -0.1) is 0 Å². The normalized spacial score (nSPS) is 13.2. The van der Waals surface area contributed by atoms with Crippen LogP contribution in [0.25, 0.3) is 0 Å². The highest BCUT2D eigenvalue weighted by Gasteiger charge is 2.23. The van der Waals surface area contributed by atoms with Crippen molar-refractivity contribution in [3.8, 4) is 17.2 Å². The van der Waals surface area contributed by atoms with Crippen LogP contribution in [-0.2, 0) is 17.8 Å². The summed E-state index contributed by atoms with van der Waals surface area (Å²) in [6, 6.07) is 7.96. The minimum atomic E-state index is -0.368. The van der Waals surface area contributed by atoms with Gasteiger partial charge < -0.3 is 19.1 Å². The van der Waals surface area contributed by atoms with Crippen molar-refractivity contribution in [3.63, 3.8) is 0 Å². The zero-order valence-corrected chi connectivity index (χ0v) is 16.1. The van der Waals surface area contributed by atoms with Gasteiger partial charge in [-0.2, -0.15) is 0 Å². The smallest absolute Gasteiger partial charge is 0.260 e. The second kappa shape index (κ2) is 7.95. The Balaban J connectivity index is 1.67. The van der Waals surface area contributed by atoms with Crippen LogP contribution in [0.4, 0.5) is 4.39 Å². The quantitative estimate of drug-likeness (QED) is 0.737. The molecule has 0 radical (unpaired) electrons. The lowest BCUT2D eigenvalue weighted by atomic mass is 9.99. The number of nitrogens with zero attached hydrogens (tertiary/aromatic N) is 1. The molecule has 0 unspecified atom stereocenters. The molecule has 0 aliphatic carbocycles. The highest BCUT2D eigenvalue weighted by Crippen LogP contribution is 2.33. The van der Waals surface area contributed by atoms with Gasteiger partial charge in [0.2, 0.25) is 0 Å². The van der Waals surface area contributed by atoms with E-state index in [0.29, 0.717) is 34.8 Å². The Kier molecular flexibility index (Phi) is 5.66. The first-order valence-electron chi connectivity index (χ1n) is 8.11. The van der Waals surface area contributed by atoms with Gasteiger partial charge in [-0.1, -0.05) is 0 Å². The minimum Gasteiger partial charge on any atom is -0.493 e. The average Bonchev–Trinajstić information content (AvgIpc) is 2.65. The van der Waals surface area contributed by atoms with E-state index in [9.17, 15) is 9.18 Å². The van der Waals surface area contributed by atoms with Crippen LogP contribution in [-0.4, -0.2) is 38.2 Å². The standard InChI is InChI=1S/C19H19BrFNO4/c1-24-17-7-12-5-6-22(10-13(12)8-18(17)25-2)19(23)11-26-16-4-3-14(21)9-15(16)20/h3-4,7-9H,5-6,10-11H2,1-2H3. The number of carbonyl (C=O) groups is 1. The molecule has 2 aromatic rings. The van der Waals surface area contributed by atoms with E-state index in [1.54, 1.807) is 19.1 Å². The number of fused-ring (bicyclic) bond motifs is 1. The summed E-state index contributed by atoms with van der Waals surface area (Å²) >= 11 is 3.23. The third-order valence-electron chi connectivity index (χ3n) is 4.32. The number of ether oxygens (including phenoxy) is 3. The molecule has 5 nitrogen and oxygen atoms in total. The molecule has 0 spiro atoms. The van der Waals surface area contributed by atoms with Crippen LogP contribution >= 0.6 is 15.9 Å². The van der Waals surface area contributed by atoms with Gasteiger partial charge in [0, 0.05) is 13.1 Å². The Bertz CT molecular complexity index is 827. The third kappa shape index (κ3) is 3.93. The van der Waals surface area contributed by atoms with Gasteiger partial charge in [-0.3, -0.25) is 4.79 Å². The SMILES string of the molecule is COc1cc2c(cc1OC)CN(C(=O)COc1ccc(F)cc1Br)CC2. The Morgan fingerprint density at radius 1 is 1.12 bits per heavy atom. The Labute approximate surface area is 159 Å². The fourth-order valence-electron chi connectivity index (χ4n) is 2.92. The first-order valence-corrected chi connectivity index (χ1v) is 8.90. The summed E-state index contributed by atoms with van der Waals surface area (Å²) in [6.45, 7) is 0.991. The molecule has 0 N–H and O–H groups in total. The van der Waals surface area contributed by atoms with Gasteiger partial charge in [0.1, 0.15) is 11.6 Å². The van der Waals surface area contributed by atoms with Crippen molar-refractivity contribution in [2.24, 2.45) is 0 Å². The van der Waals surface area contributed by atoms with E-state index in [-0.39, 0.29) is 18.3 Å². The molecule has 1 aliphatic heterocycles. The van der Waals surface area contributed by atoms with Crippen LogP contribution in [0.15, 0.2) is 34.8 Å². The summed E-state index contributed by atoms with van der Waals surface area (Å²) in [7, 11) is 3.19. The molecule has 0 saturated carbocycles. The molecule has 0 bridgehead atoms. The highest BCUT2D eigenvalue weighted by molar-refractivity contribution is 9.10. The predicted molar refractivity (Wildman–Crippen MR) is 98.3 cm³/mol. The van der Waals surface area contributed by atoms with Crippen molar-refractivity contribution in [2.45, 2.75) is 13.0 Å². The molecule has 138 valence electrons. The molecule has 0 fully saturated rings. The topological polar surface area (TPSA) is 48.0 Å². The van der Waals surface area contributed by atoms with E-state index in [4.69, 9.17) is 14.2 Å². The monoisotopic (exact) mass is 423 g/mol. The van der Waals surface area contributed by atoms with Crippen molar-refractivity contribution in [1.82, 2.24) is 4.90 Å². The fraction of sp³-hybridized carbons (Fsp3) is 0.316. The molecule has 3 rings (SSSR count). The van der Waals surface area contributed by atoms with Crippen LogP contribution in [0.5, 0.6) is 17.2 Å². The fourth-order valence-corrected chi connectivity index (χ4v) is 3.38. The zero-order valence-electron chi connectivity index (χ0n) is 14.6. The number of amides is 1. The van der Waals surface area contributed by atoms with E-state index in [2.05, 4.69) is 15.9 Å². The third-order valence-corrected chi connectivity index (χ3v) is 4.94. The number of halogens is 2. The van der Waals surface area contributed by atoms with Crippen LogP contribution in [0.2, 0.25) is 0 Å². The Morgan fingerprint density at radius 3 is 2.46 bits per heavy atom. The maximum atomic E-state index is 13.1. The molecular weight excluding hydrogens is 405 g/mol. The summed E-state index contributed by atoms with van der Waals surface area (Å²) in [5, 5.41) is 0. The van der Waals surface area contributed by atoms with E-state index in [0.717, 1.165) is 17.5 Å². The number of hydrogen-bond donors (Lipinski definition) is 0. The van der Waals surface area contributed by atoms with Gasteiger partial charge in [0.05, 0.1) is 18.7 Å². The Morgan fingerprint density at radius 2 is 1.81 bits per heavy atom. The lowest BCUT2D eigenvalue weighted by Gasteiger charge is -2.29. The zero-order chi connectivity index (χ0) is 18.7. The van der Waals surface area contributed by atoms with E-state index in [1.807, 2.05) is 12.1 Å². The van der Waals surface area contributed by atoms with Crippen molar-refractivity contribution in [3.05, 3.63) is 51.7 Å². The Hall–Kier alpha value is -2.28. The number of carbonyl (C=O) groups excluding carboxylic acids is 1. The molecule has 1 heterocycles. The van der Waals surface area contributed by atoms with E-state index < -0.39 is 0 Å². The van der Waals surface area contributed by atoms with Crippen LogP contribution in [0, 0.1) is 5.82 Å². The van der Waals surface area contributed by atoms with E-state index >= 15 is 0 Å². The molecule has 0 aromatic heterocycles. The second-order valence-electron chi connectivity index (χ2n) is 5.90. The molecule has 2 aromatic carbocycles. The number of rotatable bonds is 5. The first kappa shape index (κ1) is 18.5. The lowest BCUT2D eigenvalue weighted by Crippen LogP contribution is -2.38. The van der Waals surface area contributed by atoms with Crippen molar-refractivity contribution >= 4 is 21.8 Å². The van der Waals surface area contributed by atoms with Gasteiger partial charge in [-0.05, 0) is 63.8 Å². The summed E-state index contributed by atoms with van der Waals surface area (Å²) < 4.78 is 29.8. The molecule has 26 heavy (non-hydrogen) atoms. The summed E-state index contributed by atoms with van der Waals surface area (Å²) in [4.78, 5) is 14.2. The molecule has 0 atom stereocenters. The second-order valence-corrected chi connectivity index (χ2v) is 6.76. The number of benzene rings is 2. The lowest BCUT2D eigenvalue weighted by molar-refractivity contribution is -0.134. The van der Waals surface area contributed by atoms with Crippen LogP contribution < -0.4 is 14.2 Å². The first-order chi connectivity index (χ1) is 12.5. The molecular formula is C19H19BrFNO4. The summed E-state index contributed by atoms with van der Waals surface area (Å²) in [5.41, 5.74) is 2.18. The van der Waals surface area contributed by atoms with Gasteiger partial charge >= 0.3 is 0 Å².